The van der Waals surface area contributed by atoms with Gasteiger partial charge < -0.3 is 19.5 Å². The number of azide groups is 1. The third-order valence-electron chi connectivity index (χ3n) is 3.90. The van der Waals surface area contributed by atoms with E-state index in [9.17, 15) is 9.59 Å². The van der Waals surface area contributed by atoms with Crippen LogP contribution in [0, 0.1) is 0 Å². The zero-order valence-corrected chi connectivity index (χ0v) is 17.5. The third-order valence-corrected chi connectivity index (χ3v) is 3.90. The van der Waals surface area contributed by atoms with Gasteiger partial charge in [-0.3, -0.25) is 0 Å². The predicted molar refractivity (Wildman–Crippen MR) is 112 cm³/mol. The first kappa shape index (κ1) is 23.5. The van der Waals surface area contributed by atoms with Gasteiger partial charge >= 0.3 is 12.1 Å². The van der Waals surface area contributed by atoms with E-state index in [-0.39, 0.29) is 32.2 Å². The van der Waals surface area contributed by atoms with Crippen molar-refractivity contribution in [1.29, 1.82) is 0 Å². The van der Waals surface area contributed by atoms with E-state index in [0.717, 1.165) is 5.56 Å². The first-order valence-corrected chi connectivity index (χ1v) is 9.64. The number of aromatic nitrogens is 1. The topological polar surface area (TPSA) is 136 Å². The molecule has 2 aromatic rings. The Morgan fingerprint density at radius 3 is 2.68 bits per heavy atom. The van der Waals surface area contributed by atoms with Crippen molar-refractivity contribution in [1.82, 2.24) is 10.3 Å². The summed E-state index contributed by atoms with van der Waals surface area (Å²) in [6.45, 7) is 3.53. The Morgan fingerprint density at radius 2 is 1.94 bits per heavy atom. The average Bonchev–Trinajstić information content (AvgIpc) is 2.75. The van der Waals surface area contributed by atoms with Gasteiger partial charge in [0.15, 0.2) is 6.61 Å². The number of rotatable bonds is 11. The van der Waals surface area contributed by atoms with Crippen molar-refractivity contribution in [2.75, 3.05) is 19.7 Å². The van der Waals surface area contributed by atoms with E-state index in [2.05, 4.69) is 20.3 Å². The second-order valence-corrected chi connectivity index (χ2v) is 7.12. The zero-order valence-electron chi connectivity index (χ0n) is 17.5. The summed E-state index contributed by atoms with van der Waals surface area (Å²) in [4.78, 5) is 30.6. The third kappa shape index (κ3) is 9.51. The number of nitrogens with zero attached hydrogens (tertiary/aromatic N) is 4. The van der Waals surface area contributed by atoms with Crippen LogP contribution in [0.3, 0.4) is 0 Å². The Balaban J connectivity index is 1.71. The molecule has 1 aromatic heterocycles. The van der Waals surface area contributed by atoms with Crippen molar-refractivity contribution >= 4 is 12.1 Å². The maximum Gasteiger partial charge on any atom is 0.407 e. The fourth-order valence-corrected chi connectivity index (χ4v) is 2.40. The molecule has 164 valence electrons. The summed E-state index contributed by atoms with van der Waals surface area (Å²) >= 11 is 0. The van der Waals surface area contributed by atoms with Crippen LogP contribution in [0.25, 0.3) is 10.4 Å². The van der Waals surface area contributed by atoms with E-state index in [1.54, 1.807) is 32.0 Å². The summed E-state index contributed by atoms with van der Waals surface area (Å²) in [6.07, 6.45) is -0.187. The van der Waals surface area contributed by atoms with E-state index in [1.165, 1.54) is 0 Å². The van der Waals surface area contributed by atoms with Crippen LogP contribution in [0.2, 0.25) is 0 Å². The fourth-order valence-electron chi connectivity index (χ4n) is 2.40. The highest BCUT2D eigenvalue weighted by Crippen LogP contribution is 2.11. The second kappa shape index (κ2) is 12.0. The summed E-state index contributed by atoms with van der Waals surface area (Å²) in [5.41, 5.74) is 9.01. The Morgan fingerprint density at radius 1 is 1.16 bits per heavy atom. The Hall–Kier alpha value is -3.78. The van der Waals surface area contributed by atoms with Gasteiger partial charge in [-0.05, 0) is 31.0 Å². The van der Waals surface area contributed by atoms with Crippen LogP contribution >= 0.6 is 0 Å². The minimum atomic E-state index is -0.905. The molecule has 10 heteroatoms. The molecule has 1 N–H and O–H groups in total. The van der Waals surface area contributed by atoms with E-state index in [4.69, 9.17) is 19.7 Å². The molecule has 0 spiro atoms. The molecule has 31 heavy (non-hydrogen) atoms. The molecule has 0 aliphatic heterocycles. The number of nitrogens with one attached hydrogen (secondary N) is 1. The minimum absolute atomic E-state index is 0.0334. The largest absolute Gasteiger partial charge is 0.466 e. The van der Waals surface area contributed by atoms with Gasteiger partial charge in [-0.25, -0.2) is 14.6 Å². The number of hydrogen-bond donors (Lipinski definition) is 1. The SMILES string of the molecule is CC(C)(CN=[N+]=[N-])OC(=O)NCCc1cccc(OCC(=O)OCc2ccccc2)n1. The highest BCUT2D eigenvalue weighted by molar-refractivity contribution is 5.71. The lowest BCUT2D eigenvalue weighted by atomic mass is 10.1. The van der Waals surface area contributed by atoms with Gasteiger partial charge in [0.1, 0.15) is 12.2 Å². The number of amides is 1. The quantitative estimate of drug-likeness (QED) is 0.252. The van der Waals surface area contributed by atoms with Crippen molar-refractivity contribution in [3.05, 3.63) is 70.2 Å². The first-order chi connectivity index (χ1) is 14.9. The molecule has 0 radical (unpaired) electrons. The Bertz CT molecular complexity index is 913. The molecule has 0 saturated carbocycles. The number of carbonyl (C=O) groups excluding carboxylic acids is 2. The normalized spacial score (nSPS) is 10.5. The maximum atomic E-state index is 11.9. The number of pyridine rings is 1. The predicted octanol–water partition coefficient (Wildman–Crippen LogP) is 3.56. The van der Waals surface area contributed by atoms with Gasteiger partial charge in [0.2, 0.25) is 5.88 Å². The van der Waals surface area contributed by atoms with Gasteiger partial charge in [-0.15, -0.1) is 0 Å². The van der Waals surface area contributed by atoms with Gasteiger partial charge in [-0.2, -0.15) is 0 Å². The summed E-state index contributed by atoms with van der Waals surface area (Å²) in [7, 11) is 0. The highest BCUT2D eigenvalue weighted by Gasteiger charge is 2.21. The van der Waals surface area contributed by atoms with Gasteiger partial charge in [0.25, 0.3) is 0 Å². The van der Waals surface area contributed by atoms with Gasteiger partial charge in [0, 0.05) is 29.6 Å². The fraction of sp³-hybridized carbons (Fsp3) is 0.381. The first-order valence-electron chi connectivity index (χ1n) is 9.64. The molecule has 0 aliphatic rings. The standard InChI is InChI=1S/C21H25N5O5/c1-21(2,15-24-26-22)31-20(28)23-12-11-17-9-6-10-18(25-17)29-14-19(27)30-13-16-7-4-3-5-8-16/h3-10H,11-15H2,1-2H3,(H,23,28). The van der Waals surface area contributed by atoms with Crippen molar-refractivity contribution in [2.24, 2.45) is 5.11 Å². The minimum Gasteiger partial charge on any atom is -0.466 e. The molecule has 0 fully saturated rings. The van der Waals surface area contributed by atoms with Crippen LogP contribution < -0.4 is 10.1 Å². The summed E-state index contributed by atoms with van der Waals surface area (Å²) in [6, 6.07) is 14.5. The highest BCUT2D eigenvalue weighted by atomic mass is 16.6. The van der Waals surface area contributed by atoms with E-state index in [1.807, 2.05) is 30.3 Å². The van der Waals surface area contributed by atoms with Crippen LogP contribution in [0.4, 0.5) is 4.79 Å². The maximum absolute atomic E-state index is 11.9. The number of carbonyl (C=O) groups is 2. The zero-order chi connectivity index (χ0) is 22.5. The van der Waals surface area contributed by atoms with Crippen LogP contribution in [0.5, 0.6) is 5.88 Å². The molecule has 0 atom stereocenters. The molecule has 0 saturated heterocycles. The number of ether oxygens (including phenoxy) is 3. The molecule has 1 aromatic carbocycles. The summed E-state index contributed by atoms with van der Waals surface area (Å²) in [5.74, 6) is -0.212. The second-order valence-electron chi connectivity index (χ2n) is 7.12. The van der Waals surface area contributed by atoms with E-state index < -0.39 is 17.7 Å². The summed E-state index contributed by atoms with van der Waals surface area (Å²) in [5, 5.41) is 6.02. The number of alkyl carbamates (subject to hydrolysis) is 1. The lowest BCUT2D eigenvalue weighted by Crippen LogP contribution is -2.37. The van der Waals surface area contributed by atoms with Crippen LogP contribution in [-0.4, -0.2) is 42.3 Å². The van der Waals surface area contributed by atoms with Crippen LogP contribution in [0.1, 0.15) is 25.1 Å². The number of benzene rings is 1. The monoisotopic (exact) mass is 427 g/mol. The van der Waals surface area contributed by atoms with Crippen LogP contribution in [0.15, 0.2) is 53.6 Å². The lowest BCUT2D eigenvalue weighted by Gasteiger charge is -2.22. The van der Waals surface area contributed by atoms with Gasteiger partial charge in [0.05, 0.1) is 6.54 Å². The smallest absolute Gasteiger partial charge is 0.407 e. The molecule has 10 nitrogen and oxygen atoms in total. The molecular weight excluding hydrogens is 402 g/mol. The average molecular weight is 427 g/mol. The van der Waals surface area contributed by atoms with Crippen molar-refractivity contribution in [2.45, 2.75) is 32.5 Å². The lowest BCUT2D eigenvalue weighted by molar-refractivity contribution is -0.147. The molecule has 1 amide bonds. The van der Waals surface area contributed by atoms with E-state index in [0.29, 0.717) is 12.1 Å². The number of hydrogen-bond acceptors (Lipinski definition) is 7. The Labute approximate surface area is 180 Å². The van der Waals surface area contributed by atoms with Crippen molar-refractivity contribution in [3.63, 3.8) is 0 Å². The van der Waals surface area contributed by atoms with E-state index >= 15 is 0 Å². The molecule has 1 heterocycles. The Kier molecular flexibility index (Phi) is 9.13. The van der Waals surface area contributed by atoms with Gasteiger partial charge in [-0.1, -0.05) is 41.5 Å². The molecular formula is C21H25N5O5. The molecule has 0 bridgehead atoms. The van der Waals surface area contributed by atoms with Crippen molar-refractivity contribution < 1.29 is 23.8 Å². The van der Waals surface area contributed by atoms with Crippen LogP contribution in [-0.2, 0) is 27.3 Å². The van der Waals surface area contributed by atoms with Crippen molar-refractivity contribution in [3.8, 4) is 5.88 Å². The summed E-state index contributed by atoms with van der Waals surface area (Å²) < 4.78 is 15.8. The molecule has 0 aliphatic carbocycles. The molecule has 2 rings (SSSR count). The molecule has 0 unspecified atom stereocenters. The number of esters is 1.